The molecule has 8 nitrogen and oxygen atoms in total. The van der Waals surface area contributed by atoms with Crippen LogP contribution in [0.2, 0.25) is 0 Å². The highest BCUT2D eigenvalue weighted by Crippen LogP contribution is 2.34. The minimum absolute atomic E-state index is 0.110. The third kappa shape index (κ3) is 3.88. The number of esters is 1. The molecule has 0 spiro atoms. The Morgan fingerprint density at radius 3 is 2.72 bits per heavy atom. The lowest BCUT2D eigenvalue weighted by Gasteiger charge is -2.14. The third-order valence-corrected chi connectivity index (χ3v) is 4.25. The maximum atomic E-state index is 13.1. The Bertz CT molecular complexity index is 1060. The number of carbonyl (C=O) groups excluding carboxylic acids is 2. The van der Waals surface area contributed by atoms with Crippen molar-refractivity contribution in [3.05, 3.63) is 66.5 Å². The molecule has 1 N–H and O–H groups in total. The van der Waals surface area contributed by atoms with Crippen LogP contribution < -0.4 is 14.8 Å². The number of carbonyl (C=O) groups is 2. The molecule has 1 atom stereocenters. The predicted molar refractivity (Wildman–Crippen MR) is 99.6 cm³/mol. The van der Waals surface area contributed by atoms with Gasteiger partial charge in [0.15, 0.2) is 23.3 Å². The second kappa shape index (κ2) is 7.63. The minimum atomic E-state index is -1.07. The number of aromatic nitrogens is 2. The molecule has 29 heavy (non-hydrogen) atoms. The summed E-state index contributed by atoms with van der Waals surface area (Å²) >= 11 is 0. The molecule has 148 valence electrons. The summed E-state index contributed by atoms with van der Waals surface area (Å²) in [7, 11) is 0. The summed E-state index contributed by atoms with van der Waals surface area (Å²) in [6.07, 6.45) is 1.65. The molecule has 2 aromatic carbocycles. The summed E-state index contributed by atoms with van der Waals surface area (Å²) in [5.41, 5.74) is 1.13. The highest BCUT2D eigenvalue weighted by molar-refractivity contribution is 5.97. The van der Waals surface area contributed by atoms with Gasteiger partial charge in [-0.25, -0.2) is 14.2 Å². The molecule has 0 radical (unpaired) electrons. The molecule has 0 saturated carbocycles. The van der Waals surface area contributed by atoms with E-state index in [2.05, 4.69) is 10.3 Å². The van der Waals surface area contributed by atoms with Crippen LogP contribution in [0.15, 0.2) is 55.0 Å². The van der Waals surface area contributed by atoms with Crippen molar-refractivity contribution in [2.24, 2.45) is 0 Å². The summed E-state index contributed by atoms with van der Waals surface area (Å²) < 4.78 is 30.3. The van der Waals surface area contributed by atoms with Gasteiger partial charge in [-0.1, -0.05) is 0 Å². The van der Waals surface area contributed by atoms with Gasteiger partial charge in [-0.3, -0.25) is 9.36 Å². The Labute approximate surface area is 164 Å². The number of nitrogens with one attached hydrogen (secondary N) is 1. The number of halogens is 1. The average molecular weight is 397 g/mol. The molecule has 1 amide bonds. The number of anilines is 1. The van der Waals surface area contributed by atoms with E-state index in [0.29, 0.717) is 22.9 Å². The van der Waals surface area contributed by atoms with Gasteiger partial charge in [-0.15, -0.1) is 0 Å². The van der Waals surface area contributed by atoms with E-state index in [-0.39, 0.29) is 12.5 Å². The van der Waals surface area contributed by atoms with E-state index in [1.807, 2.05) is 0 Å². The van der Waals surface area contributed by atoms with Gasteiger partial charge in [0.25, 0.3) is 5.91 Å². The van der Waals surface area contributed by atoms with Crippen LogP contribution in [-0.4, -0.2) is 34.3 Å². The number of benzene rings is 2. The molecule has 0 saturated heterocycles. The number of imidazole rings is 1. The molecule has 0 bridgehead atoms. The van der Waals surface area contributed by atoms with Crippen molar-refractivity contribution in [2.75, 3.05) is 12.1 Å². The van der Waals surface area contributed by atoms with Gasteiger partial charge in [0.2, 0.25) is 6.79 Å². The molecule has 9 heteroatoms. The van der Waals surface area contributed by atoms with Crippen LogP contribution in [0.4, 0.5) is 10.1 Å². The zero-order valence-electron chi connectivity index (χ0n) is 15.3. The Hall–Kier alpha value is -3.88. The maximum absolute atomic E-state index is 13.1. The van der Waals surface area contributed by atoms with E-state index >= 15 is 0 Å². The number of ether oxygens (including phenoxy) is 3. The molecule has 1 unspecified atom stereocenters. The van der Waals surface area contributed by atoms with Gasteiger partial charge in [0, 0.05) is 17.4 Å². The van der Waals surface area contributed by atoms with Crippen molar-refractivity contribution >= 4 is 17.6 Å². The van der Waals surface area contributed by atoms with E-state index in [1.165, 1.54) is 48.3 Å². The lowest BCUT2D eigenvalue weighted by atomic mass is 10.2. The standard InChI is InChI=1S/C20H16FN3O5/c1-12(19(25)23-14-4-7-17-18(8-14)28-11-27-17)29-20(26)16-9-22-10-24(16)15-5-2-13(21)3-6-15/h2-10,12H,11H2,1H3,(H,23,25). The van der Waals surface area contributed by atoms with E-state index in [4.69, 9.17) is 14.2 Å². The van der Waals surface area contributed by atoms with Crippen molar-refractivity contribution in [1.29, 1.82) is 0 Å². The number of fused-ring (bicyclic) bond motifs is 1. The van der Waals surface area contributed by atoms with Crippen LogP contribution in [0.25, 0.3) is 5.69 Å². The molecule has 1 aliphatic heterocycles. The number of rotatable bonds is 5. The maximum Gasteiger partial charge on any atom is 0.357 e. The Kier molecular flexibility index (Phi) is 4.86. The first-order chi connectivity index (χ1) is 14.0. The summed E-state index contributed by atoms with van der Waals surface area (Å²) in [4.78, 5) is 28.8. The number of nitrogens with zero attached hydrogens (tertiary/aromatic N) is 2. The Balaban J connectivity index is 1.43. The molecule has 0 fully saturated rings. The molecule has 3 aromatic rings. The minimum Gasteiger partial charge on any atom is -0.454 e. The van der Waals surface area contributed by atoms with Gasteiger partial charge in [-0.05, 0) is 43.3 Å². The van der Waals surface area contributed by atoms with Crippen molar-refractivity contribution in [3.8, 4) is 17.2 Å². The van der Waals surface area contributed by atoms with Crippen molar-refractivity contribution in [1.82, 2.24) is 9.55 Å². The normalized spacial score (nSPS) is 13.0. The van der Waals surface area contributed by atoms with Crippen LogP contribution in [0.5, 0.6) is 11.5 Å². The summed E-state index contributed by atoms with van der Waals surface area (Å²) in [6.45, 7) is 1.58. The Morgan fingerprint density at radius 2 is 1.93 bits per heavy atom. The lowest BCUT2D eigenvalue weighted by Crippen LogP contribution is -2.30. The zero-order chi connectivity index (χ0) is 20.4. The van der Waals surface area contributed by atoms with E-state index < -0.39 is 23.8 Å². The van der Waals surface area contributed by atoms with Crippen LogP contribution in [0.3, 0.4) is 0 Å². The second-order valence-corrected chi connectivity index (χ2v) is 6.23. The van der Waals surface area contributed by atoms with Crippen molar-refractivity contribution < 1.29 is 28.2 Å². The fourth-order valence-electron chi connectivity index (χ4n) is 2.75. The predicted octanol–water partition coefficient (Wildman–Crippen LogP) is 2.92. The third-order valence-electron chi connectivity index (χ3n) is 4.25. The van der Waals surface area contributed by atoms with Crippen LogP contribution >= 0.6 is 0 Å². The molecule has 2 heterocycles. The summed E-state index contributed by atoms with van der Waals surface area (Å²) in [6, 6.07) is 10.5. The van der Waals surface area contributed by atoms with Crippen LogP contribution in [-0.2, 0) is 9.53 Å². The zero-order valence-corrected chi connectivity index (χ0v) is 15.3. The molecule has 1 aliphatic rings. The van der Waals surface area contributed by atoms with Crippen LogP contribution in [0.1, 0.15) is 17.4 Å². The summed E-state index contributed by atoms with van der Waals surface area (Å²) in [5, 5.41) is 2.66. The van der Waals surface area contributed by atoms with Crippen LogP contribution in [0, 0.1) is 5.82 Å². The second-order valence-electron chi connectivity index (χ2n) is 6.23. The first-order valence-electron chi connectivity index (χ1n) is 8.71. The first kappa shape index (κ1) is 18.5. The topological polar surface area (TPSA) is 91.7 Å². The largest absolute Gasteiger partial charge is 0.454 e. The highest BCUT2D eigenvalue weighted by atomic mass is 19.1. The van der Waals surface area contributed by atoms with Gasteiger partial charge in [0.05, 0.1) is 12.5 Å². The van der Waals surface area contributed by atoms with E-state index in [0.717, 1.165) is 0 Å². The fourth-order valence-corrected chi connectivity index (χ4v) is 2.75. The van der Waals surface area contributed by atoms with Gasteiger partial charge < -0.3 is 19.5 Å². The Morgan fingerprint density at radius 1 is 1.17 bits per heavy atom. The van der Waals surface area contributed by atoms with E-state index in [9.17, 15) is 14.0 Å². The lowest BCUT2D eigenvalue weighted by molar-refractivity contribution is -0.123. The summed E-state index contributed by atoms with van der Waals surface area (Å²) in [5.74, 6) is -0.524. The molecule has 4 rings (SSSR count). The van der Waals surface area contributed by atoms with Gasteiger partial charge >= 0.3 is 5.97 Å². The number of hydrogen-bond donors (Lipinski definition) is 1. The average Bonchev–Trinajstić information content (AvgIpc) is 3.37. The number of amides is 1. The van der Waals surface area contributed by atoms with Gasteiger partial charge in [-0.2, -0.15) is 0 Å². The quantitative estimate of drug-likeness (QED) is 0.666. The molecular weight excluding hydrogens is 381 g/mol. The fraction of sp³-hybridized carbons (Fsp3) is 0.150. The monoisotopic (exact) mass is 397 g/mol. The number of hydrogen-bond acceptors (Lipinski definition) is 6. The van der Waals surface area contributed by atoms with Crippen molar-refractivity contribution in [2.45, 2.75) is 13.0 Å². The highest BCUT2D eigenvalue weighted by Gasteiger charge is 2.23. The molecule has 0 aliphatic carbocycles. The van der Waals surface area contributed by atoms with E-state index in [1.54, 1.807) is 18.2 Å². The SMILES string of the molecule is CC(OC(=O)c1cncn1-c1ccc(F)cc1)C(=O)Nc1ccc2c(c1)OCO2. The smallest absolute Gasteiger partial charge is 0.357 e. The van der Waals surface area contributed by atoms with Gasteiger partial charge in [0.1, 0.15) is 5.82 Å². The molecular formula is C20H16FN3O5. The molecule has 1 aromatic heterocycles. The van der Waals surface area contributed by atoms with Crippen molar-refractivity contribution in [3.63, 3.8) is 0 Å². The first-order valence-corrected chi connectivity index (χ1v) is 8.71.